The van der Waals surface area contributed by atoms with Crippen LogP contribution < -0.4 is 0 Å². The summed E-state index contributed by atoms with van der Waals surface area (Å²) in [6.07, 6.45) is 0. The normalized spacial score (nSPS) is 21.1. The predicted molar refractivity (Wildman–Crippen MR) is 48.4 cm³/mol. The number of morpholine rings is 1. The number of methoxy groups -OCH3 is 1. The number of hydrogen-bond donors (Lipinski definition) is 0. The molecule has 0 amide bonds. The molecule has 4 heteroatoms. The van der Waals surface area contributed by atoms with E-state index in [-0.39, 0.29) is 11.9 Å². The number of carbonyl (C=O) groups excluding carboxylic acids is 1. The molecule has 0 spiro atoms. The van der Waals surface area contributed by atoms with Gasteiger partial charge in [0.2, 0.25) is 0 Å². The van der Waals surface area contributed by atoms with Crippen molar-refractivity contribution in [2.45, 2.75) is 6.92 Å². The number of esters is 1. The van der Waals surface area contributed by atoms with Crippen molar-refractivity contribution in [2.24, 2.45) is 5.92 Å². The lowest BCUT2D eigenvalue weighted by atomic mass is 10.1. The molecule has 1 aliphatic rings. The number of rotatable bonds is 3. The first-order chi connectivity index (χ1) is 6.24. The second-order valence-corrected chi connectivity index (χ2v) is 3.34. The predicted octanol–water partition coefficient (Wildman–Crippen LogP) is 0.128. The summed E-state index contributed by atoms with van der Waals surface area (Å²) in [5, 5.41) is 0. The van der Waals surface area contributed by atoms with Gasteiger partial charge in [0.1, 0.15) is 0 Å². The van der Waals surface area contributed by atoms with Crippen molar-refractivity contribution >= 4 is 5.97 Å². The molecule has 0 radical (unpaired) electrons. The highest BCUT2D eigenvalue weighted by Gasteiger charge is 2.18. The number of ether oxygens (including phenoxy) is 2. The topological polar surface area (TPSA) is 38.8 Å². The van der Waals surface area contributed by atoms with Crippen LogP contribution in [0.4, 0.5) is 0 Å². The lowest BCUT2D eigenvalue weighted by Crippen LogP contribution is -2.40. The Kier molecular flexibility index (Phi) is 4.18. The Bertz CT molecular complexity index is 166. The standard InChI is InChI=1S/C9H17NO3/c1-8(9(11)12-2)7-10-3-5-13-6-4-10/h8H,3-7H2,1-2H3/t8-/m1/s1. The minimum atomic E-state index is -0.133. The zero-order valence-corrected chi connectivity index (χ0v) is 8.28. The fourth-order valence-electron chi connectivity index (χ4n) is 1.45. The number of hydrogen-bond acceptors (Lipinski definition) is 4. The Morgan fingerprint density at radius 3 is 2.69 bits per heavy atom. The first-order valence-electron chi connectivity index (χ1n) is 4.62. The Morgan fingerprint density at radius 1 is 1.54 bits per heavy atom. The molecule has 76 valence electrons. The van der Waals surface area contributed by atoms with Crippen molar-refractivity contribution in [3.8, 4) is 0 Å². The summed E-state index contributed by atoms with van der Waals surface area (Å²) in [5.41, 5.74) is 0. The van der Waals surface area contributed by atoms with Gasteiger partial charge >= 0.3 is 5.97 Å². The molecule has 1 rings (SSSR count). The van der Waals surface area contributed by atoms with Gasteiger partial charge in [-0.25, -0.2) is 0 Å². The molecule has 1 heterocycles. The first kappa shape index (κ1) is 10.5. The van der Waals surface area contributed by atoms with Crippen LogP contribution in [0.5, 0.6) is 0 Å². The summed E-state index contributed by atoms with van der Waals surface area (Å²) >= 11 is 0. The molecule has 13 heavy (non-hydrogen) atoms. The fourth-order valence-corrected chi connectivity index (χ4v) is 1.45. The van der Waals surface area contributed by atoms with E-state index in [0.717, 1.165) is 32.8 Å². The van der Waals surface area contributed by atoms with Crippen LogP contribution in [-0.4, -0.2) is 50.8 Å². The summed E-state index contributed by atoms with van der Waals surface area (Å²) in [6.45, 7) is 6.04. The smallest absolute Gasteiger partial charge is 0.309 e. The Morgan fingerprint density at radius 2 is 2.15 bits per heavy atom. The van der Waals surface area contributed by atoms with Crippen LogP contribution in [-0.2, 0) is 14.3 Å². The maximum absolute atomic E-state index is 11.1. The van der Waals surface area contributed by atoms with Gasteiger partial charge in [-0.1, -0.05) is 6.92 Å². The van der Waals surface area contributed by atoms with Crippen molar-refractivity contribution in [1.82, 2.24) is 4.90 Å². The van der Waals surface area contributed by atoms with E-state index < -0.39 is 0 Å². The van der Waals surface area contributed by atoms with Crippen molar-refractivity contribution in [1.29, 1.82) is 0 Å². The maximum Gasteiger partial charge on any atom is 0.309 e. The minimum Gasteiger partial charge on any atom is -0.469 e. The molecule has 1 aliphatic heterocycles. The first-order valence-corrected chi connectivity index (χ1v) is 4.62. The molecule has 0 aromatic carbocycles. The van der Waals surface area contributed by atoms with Crippen LogP contribution in [0.2, 0.25) is 0 Å². The maximum atomic E-state index is 11.1. The van der Waals surface area contributed by atoms with Crippen LogP contribution in [0.15, 0.2) is 0 Å². The number of carbonyl (C=O) groups is 1. The summed E-state index contributed by atoms with van der Waals surface area (Å²) in [7, 11) is 1.43. The highest BCUT2D eigenvalue weighted by atomic mass is 16.5. The van der Waals surface area contributed by atoms with Crippen LogP contribution in [0.25, 0.3) is 0 Å². The van der Waals surface area contributed by atoms with Crippen molar-refractivity contribution in [3.63, 3.8) is 0 Å². The van der Waals surface area contributed by atoms with Crippen molar-refractivity contribution in [3.05, 3.63) is 0 Å². The summed E-state index contributed by atoms with van der Waals surface area (Å²) in [4.78, 5) is 13.3. The number of nitrogens with zero attached hydrogens (tertiary/aromatic N) is 1. The quantitative estimate of drug-likeness (QED) is 0.589. The van der Waals surface area contributed by atoms with Crippen LogP contribution in [0, 0.1) is 5.92 Å². The zero-order chi connectivity index (χ0) is 9.68. The molecule has 0 saturated carbocycles. The molecule has 0 unspecified atom stereocenters. The second-order valence-electron chi connectivity index (χ2n) is 3.34. The molecule has 1 fully saturated rings. The molecule has 0 aromatic heterocycles. The summed E-state index contributed by atoms with van der Waals surface area (Å²) in [5.74, 6) is -0.172. The van der Waals surface area contributed by atoms with Gasteiger partial charge in [0, 0.05) is 19.6 Å². The molecule has 4 nitrogen and oxygen atoms in total. The molecule has 0 aromatic rings. The average Bonchev–Trinajstić information content (AvgIpc) is 2.18. The SMILES string of the molecule is COC(=O)[C@H](C)CN1CCOCC1. The Hall–Kier alpha value is -0.610. The highest BCUT2D eigenvalue weighted by molar-refractivity contribution is 5.72. The van der Waals surface area contributed by atoms with E-state index in [9.17, 15) is 4.79 Å². The van der Waals surface area contributed by atoms with Gasteiger partial charge in [0.25, 0.3) is 0 Å². The largest absolute Gasteiger partial charge is 0.469 e. The van der Waals surface area contributed by atoms with Gasteiger partial charge in [-0.15, -0.1) is 0 Å². The lowest BCUT2D eigenvalue weighted by Gasteiger charge is -2.28. The van der Waals surface area contributed by atoms with Crippen LogP contribution in [0.3, 0.4) is 0 Å². The monoisotopic (exact) mass is 187 g/mol. The van der Waals surface area contributed by atoms with Gasteiger partial charge in [-0.05, 0) is 0 Å². The van der Waals surface area contributed by atoms with Gasteiger partial charge in [0.15, 0.2) is 0 Å². The molecule has 0 N–H and O–H groups in total. The van der Waals surface area contributed by atoms with Crippen molar-refractivity contribution < 1.29 is 14.3 Å². The molecular weight excluding hydrogens is 170 g/mol. The van der Waals surface area contributed by atoms with E-state index >= 15 is 0 Å². The van der Waals surface area contributed by atoms with E-state index in [4.69, 9.17) is 4.74 Å². The summed E-state index contributed by atoms with van der Waals surface area (Å²) in [6, 6.07) is 0. The molecule has 1 saturated heterocycles. The van der Waals surface area contributed by atoms with Crippen LogP contribution >= 0.6 is 0 Å². The van der Waals surface area contributed by atoms with Gasteiger partial charge in [-0.3, -0.25) is 9.69 Å². The van der Waals surface area contributed by atoms with Gasteiger partial charge in [-0.2, -0.15) is 0 Å². The molecular formula is C9H17NO3. The third-order valence-corrected chi connectivity index (χ3v) is 2.24. The van der Waals surface area contributed by atoms with E-state index in [1.54, 1.807) is 0 Å². The van der Waals surface area contributed by atoms with E-state index in [1.807, 2.05) is 6.92 Å². The molecule has 0 bridgehead atoms. The second kappa shape index (κ2) is 5.19. The lowest BCUT2D eigenvalue weighted by molar-refractivity contribution is -0.145. The zero-order valence-electron chi connectivity index (χ0n) is 8.28. The van der Waals surface area contributed by atoms with Gasteiger partial charge in [0.05, 0.1) is 26.2 Å². The van der Waals surface area contributed by atoms with E-state index in [1.165, 1.54) is 7.11 Å². The van der Waals surface area contributed by atoms with Crippen molar-refractivity contribution in [2.75, 3.05) is 40.0 Å². The van der Waals surface area contributed by atoms with E-state index in [0.29, 0.717) is 0 Å². The minimum absolute atomic E-state index is 0.0388. The molecule has 1 atom stereocenters. The summed E-state index contributed by atoms with van der Waals surface area (Å²) < 4.78 is 9.87. The third-order valence-electron chi connectivity index (χ3n) is 2.24. The van der Waals surface area contributed by atoms with E-state index in [2.05, 4.69) is 9.64 Å². The van der Waals surface area contributed by atoms with Crippen LogP contribution in [0.1, 0.15) is 6.92 Å². The fraction of sp³-hybridized carbons (Fsp3) is 0.889. The third kappa shape index (κ3) is 3.32. The Labute approximate surface area is 78.8 Å². The van der Waals surface area contributed by atoms with Gasteiger partial charge < -0.3 is 9.47 Å². The average molecular weight is 187 g/mol. The molecule has 0 aliphatic carbocycles. The highest BCUT2D eigenvalue weighted by Crippen LogP contribution is 2.04. The Balaban J connectivity index is 2.25.